The van der Waals surface area contributed by atoms with Crippen LogP contribution in [0.25, 0.3) is 0 Å². The Morgan fingerprint density at radius 2 is 1.76 bits per heavy atom. The summed E-state index contributed by atoms with van der Waals surface area (Å²) in [5.74, 6) is -2.50. The number of aromatic nitrogens is 2. The number of fused-ring (bicyclic) bond motifs is 1. The average molecular weight is 463 g/mol. The molecule has 2 aromatic rings. The van der Waals surface area contributed by atoms with Crippen molar-refractivity contribution in [3.8, 4) is 0 Å². The Morgan fingerprint density at radius 3 is 2.36 bits per heavy atom. The van der Waals surface area contributed by atoms with Crippen molar-refractivity contribution in [3.05, 3.63) is 76.0 Å². The number of carboxylic acid groups (broad SMARTS) is 1. The van der Waals surface area contributed by atoms with Gasteiger partial charge in [0.25, 0.3) is 5.56 Å². The highest BCUT2D eigenvalue weighted by atomic mass is 19.4. The summed E-state index contributed by atoms with van der Waals surface area (Å²) in [6, 6.07) is 7.60. The van der Waals surface area contributed by atoms with Crippen LogP contribution in [-0.4, -0.2) is 38.8 Å². The Labute approximate surface area is 188 Å². The lowest BCUT2D eigenvalue weighted by Gasteiger charge is -2.28. The summed E-state index contributed by atoms with van der Waals surface area (Å²) < 4.78 is 33.6. The second-order valence-corrected chi connectivity index (χ2v) is 7.98. The van der Waals surface area contributed by atoms with E-state index in [9.17, 15) is 22.8 Å². The number of carbonyl (C=O) groups excluding carboxylic acids is 1. The topological polar surface area (TPSA) is 101 Å². The first-order chi connectivity index (χ1) is 15.6. The minimum absolute atomic E-state index is 0.0278. The molecule has 2 N–H and O–H groups in total. The Morgan fingerprint density at radius 1 is 1.12 bits per heavy atom. The fourth-order valence-corrected chi connectivity index (χ4v) is 3.94. The molecule has 0 saturated heterocycles. The molecule has 2 aromatic heterocycles. The van der Waals surface area contributed by atoms with Gasteiger partial charge in [0.2, 0.25) is 5.91 Å². The molecular formula is C23H24F3N3O4. The molecule has 0 aromatic carbocycles. The average Bonchev–Trinajstić information content (AvgIpc) is 3.31. The van der Waals surface area contributed by atoms with E-state index in [-0.39, 0.29) is 23.4 Å². The molecule has 0 saturated carbocycles. The van der Waals surface area contributed by atoms with Gasteiger partial charge in [0.1, 0.15) is 0 Å². The fourth-order valence-electron chi connectivity index (χ4n) is 3.94. The molecule has 7 nitrogen and oxygen atoms in total. The number of rotatable bonds is 4. The van der Waals surface area contributed by atoms with Crippen LogP contribution in [0.15, 0.2) is 53.6 Å². The molecular weight excluding hydrogens is 439 g/mol. The van der Waals surface area contributed by atoms with E-state index < -0.39 is 12.1 Å². The lowest BCUT2D eigenvalue weighted by Crippen LogP contribution is -2.42. The SMILES string of the molecule is O=C(NC1CCc2c(ccc(=O)n2Cc2ccncc2)C1)C1CC=CC1.O=C(O)C(F)(F)F. The molecule has 2 heterocycles. The molecule has 0 radical (unpaired) electrons. The van der Waals surface area contributed by atoms with Crippen LogP contribution in [0.2, 0.25) is 0 Å². The third-order valence-electron chi connectivity index (χ3n) is 5.64. The number of pyridine rings is 2. The zero-order valence-corrected chi connectivity index (χ0v) is 17.7. The van der Waals surface area contributed by atoms with Crippen LogP contribution in [0.3, 0.4) is 0 Å². The van der Waals surface area contributed by atoms with E-state index in [0.717, 1.165) is 43.4 Å². The van der Waals surface area contributed by atoms with Crippen molar-refractivity contribution in [2.24, 2.45) is 5.92 Å². The maximum atomic E-state index is 12.4. The minimum Gasteiger partial charge on any atom is -0.475 e. The van der Waals surface area contributed by atoms with Gasteiger partial charge in [-0.25, -0.2) is 4.79 Å². The largest absolute Gasteiger partial charge is 0.490 e. The second-order valence-electron chi connectivity index (χ2n) is 7.98. The van der Waals surface area contributed by atoms with E-state index >= 15 is 0 Å². The molecule has 2 aliphatic carbocycles. The van der Waals surface area contributed by atoms with Crippen molar-refractivity contribution in [1.29, 1.82) is 0 Å². The van der Waals surface area contributed by atoms with Gasteiger partial charge in [-0.05, 0) is 55.4 Å². The van der Waals surface area contributed by atoms with Crippen LogP contribution in [0.1, 0.15) is 36.1 Å². The van der Waals surface area contributed by atoms with Crippen molar-refractivity contribution in [2.75, 3.05) is 0 Å². The Bertz CT molecular complexity index is 1070. The summed E-state index contributed by atoms with van der Waals surface area (Å²) in [5.41, 5.74) is 3.36. The van der Waals surface area contributed by atoms with Gasteiger partial charge in [-0.2, -0.15) is 13.2 Å². The van der Waals surface area contributed by atoms with E-state index in [1.165, 1.54) is 5.56 Å². The normalized spacial score (nSPS) is 17.6. The highest BCUT2D eigenvalue weighted by Gasteiger charge is 2.38. The molecule has 0 bridgehead atoms. The van der Waals surface area contributed by atoms with E-state index in [1.54, 1.807) is 18.5 Å². The Balaban J connectivity index is 0.000000383. The highest BCUT2D eigenvalue weighted by molar-refractivity contribution is 5.79. The predicted octanol–water partition coefficient (Wildman–Crippen LogP) is 2.86. The fraction of sp³-hybridized carbons (Fsp3) is 0.391. The van der Waals surface area contributed by atoms with Gasteiger partial charge in [0, 0.05) is 36.1 Å². The van der Waals surface area contributed by atoms with Crippen LogP contribution >= 0.6 is 0 Å². The van der Waals surface area contributed by atoms with Crippen molar-refractivity contribution in [2.45, 2.75) is 50.9 Å². The number of carboxylic acids is 1. The third kappa shape index (κ3) is 6.53. The number of carbonyl (C=O) groups is 2. The molecule has 1 atom stereocenters. The summed E-state index contributed by atoms with van der Waals surface area (Å²) in [7, 11) is 0. The van der Waals surface area contributed by atoms with Crippen molar-refractivity contribution < 1.29 is 27.9 Å². The summed E-state index contributed by atoms with van der Waals surface area (Å²) in [4.78, 5) is 37.7. The lowest BCUT2D eigenvalue weighted by atomic mass is 9.90. The number of nitrogens with one attached hydrogen (secondary N) is 1. The maximum Gasteiger partial charge on any atom is 0.490 e. The molecule has 33 heavy (non-hydrogen) atoms. The molecule has 10 heteroatoms. The van der Waals surface area contributed by atoms with Crippen LogP contribution in [0, 0.1) is 5.92 Å². The third-order valence-corrected chi connectivity index (χ3v) is 5.64. The minimum atomic E-state index is -5.08. The number of alkyl halides is 3. The van der Waals surface area contributed by atoms with Crippen LogP contribution < -0.4 is 10.9 Å². The maximum absolute atomic E-state index is 12.4. The molecule has 0 aliphatic heterocycles. The smallest absolute Gasteiger partial charge is 0.475 e. The van der Waals surface area contributed by atoms with Crippen molar-refractivity contribution in [3.63, 3.8) is 0 Å². The Kier molecular flexibility index (Phi) is 7.67. The zero-order chi connectivity index (χ0) is 24.0. The van der Waals surface area contributed by atoms with E-state index in [1.807, 2.05) is 22.8 Å². The van der Waals surface area contributed by atoms with Crippen LogP contribution in [0.5, 0.6) is 0 Å². The first-order valence-electron chi connectivity index (χ1n) is 10.5. The zero-order valence-electron chi connectivity index (χ0n) is 17.7. The molecule has 1 unspecified atom stereocenters. The number of hydrogen-bond acceptors (Lipinski definition) is 4. The highest BCUT2D eigenvalue weighted by Crippen LogP contribution is 2.23. The van der Waals surface area contributed by atoms with Gasteiger partial charge in [-0.3, -0.25) is 14.6 Å². The monoisotopic (exact) mass is 463 g/mol. The standard InChI is InChI=1S/C21H23N3O2.C2HF3O2/c25-20-8-5-17-13-18(23-21(26)16-3-1-2-4-16)6-7-19(17)24(20)14-15-9-11-22-12-10-15;3-2(4,5)1(6)7/h1-2,5,8-12,16,18H,3-4,6-7,13-14H2,(H,23,26);(H,6,7). The quantitative estimate of drug-likeness (QED) is 0.679. The molecule has 2 aliphatic rings. The van der Waals surface area contributed by atoms with Gasteiger partial charge in [0.15, 0.2) is 0 Å². The first-order valence-corrected chi connectivity index (χ1v) is 10.5. The molecule has 1 amide bonds. The molecule has 4 rings (SSSR count). The summed E-state index contributed by atoms with van der Waals surface area (Å²) in [5, 5.41) is 10.3. The number of nitrogens with zero attached hydrogens (tertiary/aromatic N) is 2. The van der Waals surface area contributed by atoms with E-state index in [0.29, 0.717) is 6.54 Å². The summed E-state index contributed by atoms with van der Waals surface area (Å²) >= 11 is 0. The van der Waals surface area contributed by atoms with Gasteiger partial charge < -0.3 is 15.0 Å². The second kappa shape index (κ2) is 10.5. The summed E-state index contributed by atoms with van der Waals surface area (Å²) in [6.45, 7) is 0.565. The van der Waals surface area contributed by atoms with Gasteiger partial charge >= 0.3 is 12.1 Å². The number of halogens is 3. The number of allylic oxidation sites excluding steroid dienone is 2. The van der Waals surface area contributed by atoms with Gasteiger partial charge in [-0.15, -0.1) is 0 Å². The summed E-state index contributed by atoms with van der Waals surface area (Å²) in [6.07, 6.45) is 6.75. The molecule has 176 valence electrons. The van der Waals surface area contributed by atoms with Gasteiger partial charge in [0.05, 0.1) is 6.54 Å². The Hall–Kier alpha value is -3.43. The van der Waals surface area contributed by atoms with Crippen molar-refractivity contribution >= 4 is 11.9 Å². The molecule has 0 fully saturated rings. The van der Waals surface area contributed by atoms with E-state index in [4.69, 9.17) is 9.90 Å². The van der Waals surface area contributed by atoms with Crippen molar-refractivity contribution in [1.82, 2.24) is 14.9 Å². The number of hydrogen-bond donors (Lipinski definition) is 2. The van der Waals surface area contributed by atoms with Crippen LogP contribution in [-0.2, 0) is 29.0 Å². The molecule has 0 spiro atoms. The first kappa shape index (κ1) is 24.2. The lowest BCUT2D eigenvalue weighted by molar-refractivity contribution is -0.192. The number of aliphatic carboxylic acids is 1. The van der Waals surface area contributed by atoms with Crippen LogP contribution in [0.4, 0.5) is 13.2 Å². The predicted molar refractivity (Wildman–Crippen MR) is 114 cm³/mol. The van der Waals surface area contributed by atoms with Gasteiger partial charge in [-0.1, -0.05) is 18.2 Å². The van der Waals surface area contributed by atoms with E-state index in [2.05, 4.69) is 22.5 Å². The number of amides is 1.